The lowest BCUT2D eigenvalue weighted by atomic mass is 10.3. The Hall–Kier alpha value is -1.34. The van der Waals surface area contributed by atoms with E-state index >= 15 is 0 Å². The van der Waals surface area contributed by atoms with Crippen LogP contribution in [0, 0.1) is 0 Å². The second kappa shape index (κ2) is 7.08. The van der Waals surface area contributed by atoms with E-state index in [1.807, 2.05) is 0 Å². The molecule has 0 unspecified atom stereocenters. The van der Waals surface area contributed by atoms with E-state index < -0.39 is 5.91 Å². The van der Waals surface area contributed by atoms with Crippen molar-refractivity contribution in [2.75, 3.05) is 24.8 Å². The summed E-state index contributed by atoms with van der Waals surface area (Å²) in [5, 5.41) is 15.5. The second-order valence-electron chi connectivity index (χ2n) is 3.02. The molecule has 3 N–H and O–H groups in total. The molecule has 7 nitrogen and oxygen atoms in total. The lowest BCUT2D eigenvalue weighted by Gasteiger charge is -2.13. The molecule has 9 heteroatoms. The van der Waals surface area contributed by atoms with Crippen molar-refractivity contribution in [3.05, 3.63) is 11.8 Å². The van der Waals surface area contributed by atoms with Crippen LogP contribution in [0.1, 0.15) is 10.4 Å². The van der Waals surface area contributed by atoms with Gasteiger partial charge in [0, 0.05) is 11.8 Å². The zero-order chi connectivity index (χ0) is 12.7. The van der Waals surface area contributed by atoms with Crippen molar-refractivity contribution in [1.82, 2.24) is 15.2 Å². The molecule has 0 saturated carbocycles. The number of primary amides is 1. The van der Waals surface area contributed by atoms with Crippen LogP contribution in [0.25, 0.3) is 0 Å². The summed E-state index contributed by atoms with van der Waals surface area (Å²) in [7, 11) is 0. The molecule has 0 aromatic carbocycles. The summed E-state index contributed by atoms with van der Waals surface area (Å²) in [4.78, 5) is 11.0. The zero-order valence-electron chi connectivity index (χ0n) is 8.94. The quantitative estimate of drug-likeness (QED) is 0.446. The molecular formula is C8H12Cl2N6O. The maximum Gasteiger partial charge on any atom is 0.254 e. The fourth-order valence-electron chi connectivity index (χ4n) is 1.04. The molecule has 0 bridgehead atoms. The number of halogens is 2. The van der Waals surface area contributed by atoms with Gasteiger partial charge in [0.15, 0.2) is 5.82 Å². The Morgan fingerprint density at radius 1 is 1.47 bits per heavy atom. The van der Waals surface area contributed by atoms with Gasteiger partial charge in [-0.15, -0.1) is 28.3 Å². The smallest absolute Gasteiger partial charge is 0.254 e. The number of hydrogen-bond acceptors (Lipinski definition) is 4. The molecule has 1 heterocycles. The summed E-state index contributed by atoms with van der Waals surface area (Å²) in [6.45, 7) is 1.02. The maximum absolute atomic E-state index is 11.0. The van der Waals surface area contributed by atoms with Crippen LogP contribution in [0.15, 0.2) is 16.5 Å². The van der Waals surface area contributed by atoms with Gasteiger partial charge >= 0.3 is 0 Å². The van der Waals surface area contributed by atoms with E-state index in [4.69, 9.17) is 28.9 Å². The third-order valence-corrected chi connectivity index (χ3v) is 2.18. The largest absolute Gasteiger partial charge is 0.365 e. The highest BCUT2D eigenvalue weighted by Crippen LogP contribution is 2.14. The first-order valence-corrected chi connectivity index (χ1v) is 5.87. The molecule has 0 spiro atoms. The van der Waals surface area contributed by atoms with E-state index in [0.717, 1.165) is 0 Å². The molecule has 1 aromatic heterocycles. The van der Waals surface area contributed by atoms with E-state index in [-0.39, 0.29) is 11.4 Å². The minimum Gasteiger partial charge on any atom is -0.365 e. The molecule has 1 aromatic rings. The average molecular weight is 279 g/mol. The molecule has 0 aliphatic heterocycles. The molecule has 1 rings (SSSR count). The standard InChI is InChI=1S/C8H12Cl2N6O/c9-1-3-16(4-2-10)15-14-8-6(7(11)17)5-12-13-8/h5H,1-4H2,(H2,11,17)(H,12,13). The van der Waals surface area contributed by atoms with Crippen molar-refractivity contribution < 1.29 is 4.79 Å². The fraction of sp³-hybridized carbons (Fsp3) is 0.500. The topological polar surface area (TPSA) is 99.7 Å². The summed E-state index contributed by atoms with van der Waals surface area (Å²) in [6.07, 6.45) is 1.30. The Morgan fingerprint density at radius 2 is 2.12 bits per heavy atom. The minimum absolute atomic E-state index is 0.186. The highest BCUT2D eigenvalue weighted by molar-refractivity contribution is 6.18. The number of aromatic amines is 1. The first-order valence-electron chi connectivity index (χ1n) is 4.80. The number of rotatable bonds is 7. The van der Waals surface area contributed by atoms with Crippen molar-refractivity contribution in [3.8, 4) is 0 Å². The number of alkyl halides is 2. The molecule has 0 aliphatic rings. The molecule has 0 aliphatic carbocycles. The highest BCUT2D eigenvalue weighted by Gasteiger charge is 2.10. The van der Waals surface area contributed by atoms with Crippen LogP contribution >= 0.6 is 23.2 Å². The van der Waals surface area contributed by atoms with Crippen LogP contribution in [-0.2, 0) is 0 Å². The third-order valence-electron chi connectivity index (χ3n) is 1.84. The number of aromatic nitrogens is 2. The Labute approximate surface area is 108 Å². The van der Waals surface area contributed by atoms with Gasteiger partial charge in [0.2, 0.25) is 0 Å². The van der Waals surface area contributed by atoms with Crippen LogP contribution < -0.4 is 5.73 Å². The number of H-pyrrole nitrogens is 1. The van der Waals surface area contributed by atoms with Crippen molar-refractivity contribution in [3.63, 3.8) is 0 Å². The number of nitrogens with zero attached hydrogens (tertiary/aromatic N) is 4. The number of nitrogens with one attached hydrogen (secondary N) is 1. The van der Waals surface area contributed by atoms with Gasteiger partial charge in [-0.3, -0.25) is 14.9 Å². The summed E-state index contributed by atoms with van der Waals surface area (Å²) >= 11 is 11.2. The van der Waals surface area contributed by atoms with Gasteiger partial charge < -0.3 is 5.73 Å². The van der Waals surface area contributed by atoms with Crippen molar-refractivity contribution in [2.24, 2.45) is 16.1 Å². The molecule has 1 amide bonds. The van der Waals surface area contributed by atoms with Crippen LogP contribution in [0.4, 0.5) is 5.82 Å². The zero-order valence-corrected chi connectivity index (χ0v) is 10.4. The molecule has 0 radical (unpaired) electrons. The van der Waals surface area contributed by atoms with Gasteiger partial charge in [0.05, 0.1) is 19.3 Å². The SMILES string of the molecule is NC(=O)c1cn[nH]c1N=NN(CCCl)CCCl. The number of hydrogen-bond donors (Lipinski definition) is 2. The highest BCUT2D eigenvalue weighted by atomic mass is 35.5. The van der Waals surface area contributed by atoms with Crippen molar-refractivity contribution in [2.45, 2.75) is 0 Å². The lowest BCUT2D eigenvalue weighted by molar-refractivity contribution is 0.100. The second-order valence-corrected chi connectivity index (χ2v) is 3.77. The summed E-state index contributed by atoms with van der Waals surface area (Å²) in [6, 6.07) is 0. The van der Waals surface area contributed by atoms with Crippen LogP contribution in [-0.4, -0.2) is 46.0 Å². The maximum atomic E-state index is 11.0. The van der Waals surface area contributed by atoms with Gasteiger partial charge in [0.25, 0.3) is 5.91 Å². The molecule has 0 saturated heterocycles. The Balaban J connectivity index is 2.73. The predicted molar refractivity (Wildman–Crippen MR) is 64.6 cm³/mol. The average Bonchev–Trinajstić information content (AvgIpc) is 2.74. The lowest BCUT2D eigenvalue weighted by Crippen LogP contribution is -2.21. The third kappa shape index (κ3) is 4.20. The van der Waals surface area contributed by atoms with Crippen molar-refractivity contribution >= 4 is 34.9 Å². The Morgan fingerprint density at radius 3 is 2.65 bits per heavy atom. The van der Waals surface area contributed by atoms with Gasteiger partial charge in [-0.1, -0.05) is 5.22 Å². The fourth-order valence-corrected chi connectivity index (χ4v) is 1.43. The van der Waals surface area contributed by atoms with Gasteiger partial charge in [0.1, 0.15) is 5.56 Å². The first-order chi connectivity index (χ1) is 8.19. The van der Waals surface area contributed by atoms with E-state index in [1.54, 1.807) is 5.01 Å². The van der Waals surface area contributed by atoms with E-state index in [9.17, 15) is 4.79 Å². The molecule has 17 heavy (non-hydrogen) atoms. The van der Waals surface area contributed by atoms with Gasteiger partial charge in [-0.2, -0.15) is 5.10 Å². The molecule has 0 fully saturated rings. The number of nitrogens with two attached hydrogens (primary N) is 1. The number of carbonyl (C=O) groups excluding carboxylic acids is 1. The Bertz CT molecular complexity index is 387. The summed E-state index contributed by atoms with van der Waals surface area (Å²) in [5.74, 6) is 0.406. The summed E-state index contributed by atoms with van der Waals surface area (Å²) < 4.78 is 0. The van der Waals surface area contributed by atoms with Crippen LogP contribution in [0.2, 0.25) is 0 Å². The molecular weight excluding hydrogens is 267 g/mol. The monoisotopic (exact) mass is 278 g/mol. The van der Waals surface area contributed by atoms with Crippen molar-refractivity contribution in [1.29, 1.82) is 0 Å². The van der Waals surface area contributed by atoms with E-state index in [2.05, 4.69) is 20.5 Å². The molecule has 0 atom stereocenters. The summed E-state index contributed by atoms with van der Waals surface area (Å²) in [5.41, 5.74) is 5.31. The van der Waals surface area contributed by atoms with Crippen LogP contribution in [0.3, 0.4) is 0 Å². The Kier molecular flexibility index (Phi) is 5.71. The van der Waals surface area contributed by atoms with Gasteiger partial charge in [-0.25, -0.2) is 0 Å². The number of amides is 1. The first kappa shape index (κ1) is 13.7. The van der Waals surface area contributed by atoms with Crippen LogP contribution in [0.5, 0.6) is 0 Å². The minimum atomic E-state index is -0.617. The van der Waals surface area contributed by atoms with E-state index in [0.29, 0.717) is 24.8 Å². The van der Waals surface area contributed by atoms with E-state index in [1.165, 1.54) is 6.20 Å². The van der Waals surface area contributed by atoms with Gasteiger partial charge in [-0.05, 0) is 0 Å². The predicted octanol–water partition coefficient (Wildman–Crippen LogP) is 1.29. The number of carbonyl (C=O) groups is 1. The normalized spacial score (nSPS) is 10.9. The molecule has 94 valence electrons.